The van der Waals surface area contributed by atoms with Crippen LogP contribution < -0.4 is 16.4 Å². The van der Waals surface area contributed by atoms with Gasteiger partial charge in [0, 0.05) is 19.0 Å². The number of rotatable bonds is 3. The van der Waals surface area contributed by atoms with Gasteiger partial charge in [0.2, 0.25) is 23.7 Å². The summed E-state index contributed by atoms with van der Waals surface area (Å²) in [7, 11) is 0. The number of piperidine rings is 1. The van der Waals surface area contributed by atoms with Crippen molar-refractivity contribution in [3.8, 4) is 0 Å². The minimum atomic E-state index is -4.63. The van der Waals surface area contributed by atoms with E-state index in [4.69, 9.17) is 5.73 Å². The second-order valence-corrected chi connectivity index (χ2v) is 6.92. The Balaban J connectivity index is 1.73. The average molecular weight is 411 g/mol. The number of nitrogens with one attached hydrogen (secondary N) is 2. The maximum absolute atomic E-state index is 13.1. The molecule has 0 radical (unpaired) electrons. The number of para-hydroxylation sites is 1. The normalized spacial score (nSPS) is 20.7. The lowest BCUT2D eigenvalue weighted by molar-refractivity contribution is -0.137. The van der Waals surface area contributed by atoms with Crippen molar-refractivity contribution in [1.82, 2.24) is 10.2 Å². The molecule has 1 fully saturated rings. The first kappa shape index (κ1) is 20.6. The number of nitrogens with zero attached hydrogens (tertiary/aromatic N) is 2. The quantitative estimate of drug-likeness (QED) is 0.690. The molecule has 3 rings (SSSR count). The monoisotopic (exact) mass is 411 g/mol. The number of anilines is 1. The highest BCUT2D eigenvalue weighted by Crippen LogP contribution is 2.34. The van der Waals surface area contributed by atoms with Crippen LogP contribution in [0.15, 0.2) is 29.3 Å². The van der Waals surface area contributed by atoms with Crippen molar-refractivity contribution >= 4 is 29.4 Å². The molecule has 1 atom stereocenters. The minimum absolute atomic E-state index is 0.174. The van der Waals surface area contributed by atoms with E-state index in [0.29, 0.717) is 25.9 Å². The van der Waals surface area contributed by atoms with E-state index in [0.717, 1.165) is 12.1 Å². The second kappa shape index (κ2) is 8.10. The fraction of sp³-hybridized carbons (Fsp3) is 0.444. The number of hydrogen-bond donors (Lipinski definition) is 3. The first-order valence-corrected chi connectivity index (χ1v) is 9.04. The van der Waals surface area contributed by atoms with E-state index in [9.17, 15) is 27.6 Å². The topological polar surface area (TPSA) is 117 Å². The molecule has 2 aliphatic heterocycles. The summed E-state index contributed by atoms with van der Waals surface area (Å²) in [5.74, 6) is -1.74. The molecule has 11 heteroatoms. The third-order valence-corrected chi connectivity index (χ3v) is 4.90. The standard InChI is InChI=1S/C18H20F3N5O3/c19-18(20,21)11-3-1-2-4-12(11)23-16(29)13-9-14(27)25-17(24-13)26-7-5-10(6-8-26)15(22)28/h1-4,10,13H,5-9H2,(H2,22,28)(H,23,29)(H,24,25,27)/t13-/m1/s1. The van der Waals surface area contributed by atoms with Crippen LogP contribution in [0.25, 0.3) is 0 Å². The van der Waals surface area contributed by atoms with E-state index < -0.39 is 35.3 Å². The molecular formula is C18H20F3N5O3. The third kappa shape index (κ3) is 4.84. The van der Waals surface area contributed by atoms with Crippen LogP contribution in [0, 0.1) is 5.92 Å². The lowest BCUT2D eigenvalue weighted by atomic mass is 9.96. The molecule has 1 aromatic carbocycles. The van der Waals surface area contributed by atoms with Gasteiger partial charge in [0.25, 0.3) is 0 Å². The Morgan fingerprint density at radius 3 is 2.48 bits per heavy atom. The molecular weight excluding hydrogens is 391 g/mol. The highest BCUT2D eigenvalue weighted by Gasteiger charge is 2.35. The number of likely N-dealkylation sites (tertiary alicyclic amines) is 1. The predicted molar refractivity (Wildman–Crippen MR) is 97.5 cm³/mol. The molecule has 0 aliphatic carbocycles. The van der Waals surface area contributed by atoms with Gasteiger partial charge in [-0.2, -0.15) is 13.2 Å². The Morgan fingerprint density at radius 1 is 1.21 bits per heavy atom. The number of halogens is 3. The fourth-order valence-corrected chi connectivity index (χ4v) is 3.32. The summed E-state index contributed by atoms with van der Waals surface area (Å²) in [6.07, 6.45) is -3.94. The number of aliphatic imine (C=N–C) groups is 1. The molecule has 1 saturated heterocycles. The zero-order valence-electron chi connectivity index (χ0n) is 15.3. The van der Waals surface area contributed by atoms with Gasteiger partial charge in [0.1, 0.15) is 6.04 Å². The summed E-state index contributed by atoms with van der Waals surface area (Å²) in [6.45, 7) is 0.829. The number of nitrogens with two attached hydrogens (primary N) is 1. The van der Waals surface area contributed by atoms with Crippen LogP contribution in [0.2, 0.25) is 0 Å². The van der Waals surface area contributed by atoms with Crippen molar-refractivity contribution < 1.29 is 27.6 Å². The maximum atomic E-state index is 13.1. The molecule has 29 heavy (non-hydrogen) atoms. The Kier molecular flexibility index (Phi) is 5.76. The molecule has 0 spiro atoms. The summed E-state index contributed by atoms with van der Waals surface area (Å²) >= 11 is 0. The maximum Gasteiger partial charge on any atom is 0.418 e. The molecule has 0 saturated carbocycles. The number of carbonyl (C=O) groups excluding carboxylic acids is 3. The number of benzene rings is 1. The van der Waals surface area contributed by atoms with E-state index >= 15 is 0 Å². The van der Waals surface area contributed by atoms with Gasteiger partial charge in [-0.1, -0.05) is 12.1 Å². The van der Waals surface area contributed by atoms with Gasteiger partial charge in [-0.15, -0.1) is 0 Å². The van der Waals surface area contributed by atoms with Crippen molar-refractivity contribution in [1.29, 1.82) is 0 Å². The number of carbonyl (C=O) groups is 3. The fourth-order valence-electron chi connectivity index (χ4n) is 3.32. The number of alkyl halides is 3. The van der Waals surface area contributed by atoms with Crippen LogP contribution >= 0.6 is 0 Å². The van der Waals surface area contributed by atoms with Gasteiger partial charge in [0.05, 0.1) is 17.7 Å². The lowest BCUT2D eigenvalue weighted by Gasteiger charge is -2.34. The van der Waals surface area contributed by atoms with Crippen LogP contribution in [0.1, 0.15) is 24.8 Å². The zero-order chi connectivity index (χ0) is 21.2. The first-order chi connectivity index (χ1) is 13.6. The largest absolute Gasteiger partial charge is 0.418 e. The number of hydrogen-bond acceptors (Lipinski definition) is 5. The molecule has 2 heterocycles. The molecule has 8 nitrogen and oxygen atoms in total. The van der Waals surface area contributed by atoms with Crippen LogP contribution in [0.5, 0.6) is 0 Å². The highest BCUT2D eigenvalue weighted by atomic mass is 19.4. The Labute approximate surface area is 164 Å². The van der Waals surface area contributed by atoms with Crippen molar-refractivity contribution in [2.24, 2.45) is 16.6 Å². The van der Waals surface area contributed by atoms with E-state index in [1.807, 2.05) is 0 Å². The van der Waals surface area contributed by atoms with Crippen molar-refractivity contribution in [3.63, 3.8) is 0 Å². The Morgan fingerprint density at radius 2 is 1.86 bits per heavy atom. The van der Waals surface area contributed by atoms with Crippen molar-refractivity contribution in [3.05, 3.63) is 29.8 Å². The van der Waals surface area contributed by atoms with Gasteiger partial charge in [-0.25, -0.2) is 4.99 Å². The Hall–Kier alpha value is -3.11. The molecule has 0 aromatic heterocycles. The van der Waals surface area contributed by atoms with Gasteiger partial charge < -0.3 is 16.0 Å². The van der Waals surface area contributed by atoms with Gasteiger partial charge >= 0.3 is 6.18 Å². The molecule has 0 bridgehead atoms. The average Bonchev–Trinajstić information content (AvgIpc) is 2.67. The summed E-state index contributed by atoms with van der Waals surface area (Å²) in [4.78, 5) is 41.8. The third-order valence-electron chi connectivity index (χ3n) is 4.90. The molecule has 3 amide bonds. The summed E-state index contributed by atoms with van der Waals surface area (Å²) < 4.78 is 39.3. The molecule has 4 N–H and O–H groups in total. The smallest absolute Gasteiger partial charge is 0.369 e. The SMILES string of the molecule is NC(=O)C1CCN(C2=N[C@@H](C(=O)Nc3ccccc3C(F)(F)F)CC(=O)N2)CC1. The molecule has 156 valence electrons. The van der Waals surface area contributed by atoms with Crippen LogP contribution in [-0.4, -0.2) is 47.7 Å². The summed E-state index contributed by atoms with van der Waals surface area (Å²) in [5, 5.41) is 4.80. The molecule has 1 aromatic rings. The lowest BCUT2D eigenvalue weighted by Crippen LogP contribution is -2.53. The van der Waals surface area contributed by atoms with Crippen LogP contribution in [-0.2, 0) is 20.6 Å². The van der Waals surface area contributed by atoms with E-state index in [2.05, 4.69) is 15.6 Å². The molecule has 0 unspecified atom stereocenters. The summed E-state index contributed by atoms with van der Waals surface area (Å²) in [5.41, 5.74) is 3.93. The van der Waals surface area contributed by atoms with Gasteiger partial charge in [-0.05, 0) is 25.0 Å². The zero-order valence-corrected chi connectivity index (χ0v) is 15.3. The van der Waals surface area contributed by atoms with E-state index in [1.54, 1.807) is 4.90 Å². The van der Waals surface area contributed by atoms with E-state index in [-0.39, 0.29) is 24.2 Å². The highest BCUT2D eigenvalue weighted by molar-refractivity contribution is 6.06. The minimum Gasteiger partial charge on any atom is -0.369 e. The van der Waals surface area contributed by atoms with Crippen LogP contribution in [0.4, 0.5) is 18.9 Å². The van der Waals surface area contributed by atoms with Crippen molar-refractivity contribution in [2.75, 3.05) is 18.4 Å². The molecule has 2 aliphatic rings. The van der Waals surface area contributed by atoms with Gasteiger partial charge in [-0.3, -0.25) is 19.7 Å². The number of amides is 3. The van der Waals surface area contributed by atoms with E-state index in [1.165, 1.54) is 12.1 Å². The predicted octanol–water partition coefficient (Wildman–Crippen LogP) is 1.09. The number of guanidine groups is 1. The van der Waals surface area contributed by atoms with Crippen LogP contribution in [0.3, 0.4) is 0 Å². The van der Waals surface area contributed by atoms with Crippen molar-refractivity contribution in [2.45, 2.75) is 31.5 Å². The second-order valence-electron chi connectivity index (χ2n) is 6.92. The first-order valence-electron chi connectivity index (χ1n) is 9.04. The summed E-state index contributed by atoms with van der Waals surface area (Å²) in [6, 6.07) is 3.44. The number of primary amides is 1. The van der Waals surface area contributed by atoms with Gasteiger partial charge in [0.15, 0.2) is 0 Å². The Bertz CT molecular complexity index is 847.